The number of hydrogen-bond acceptors (Lipinski definition) is 4. The molecule has 1 fully saturated rings. The van der Waals surface area contributed by atoms with E-state index in [9.17, 15) is 9.59 Å². The van der Waals surface area contributed by atoms with Crippen LogP contribution in [-0.2, 0) is 14.3 Å². The molecule has 3 N–H and O–H groups in total. The van der Waals surface area contributed by atoms with Gasteiger partial charge in [0.15, 0.2) is 0 Å². The quantitative estimate of drug-likeness (QED) is 0.732. The number of carbonyl (C=O) groups is 2. The van der Waals surface area contributed by atoms with Gasteiger partial charge in [0.1, 0.15) is 6.61 Å². The normalized spacial score (nSPS) is 20.1. The van der Waals surface area contributed by atoms with Crippen molar-refractivity contribution in [1.29, 1.82) is 0 Å². The van der Waals surface area contributed by atoms with Gasteiger partial charge in [-0.05, 0) is 18.8 Å². The van der Waals surface area contributed by atoms with Crippen LogP contribution in [0.3, 0.4) is 0 Å². The molecule has 1 heterocycles. The Morgan fingerprint density at radius 3 is 2.47 bits per heavy atom. The molecule has 110 valence electrons. The molecule has 0 spiro atoms. The van der Waals surface area contributed by atoms with E-state index in [1.165, 1.54) is 0 Å². The van der Waals surface area contributed by atoms with Gasteiger partial charge in [-0.3, -0.25) is 4.79 Å². The lowest BCUT2D eigenvalue weighted by Crippen LogP contribution is -2.50. The van der Waals surface area contributed by atoms with Crippen molar-refractivity contribution in [3.8, 4) is 0 Å². The van der Waals surface area contributed by atoms with Crippen molar-refractivity contribution in [1.82, 2.24) is 4.90 Å². The van der Waals surface area contributed by atoms with E-state index in [2.05, 4.69) is 0 Å². The highest BCUT2D eigenvalue weighted by molar-refractivity contribution is 5.82. The number of hydrogen-bond donors (Lipinski definition) is 2. The summed E-state index contributed by atoms with van der Waals surface area (Å²) in [5.74, 6) is -0.795. The van der Waals surface area contributed by atoms with Gasteiger partial charge in [-0.25, -0.2) is 4.79 Å². The third-order valence-electron chi connectivity index (χ3n) is 3.74. The van der Waals surface area contributed by atoms with E-state index < -0.39 is 12.0 Å². The average Bonchev–Trinajstić information content (AvgIpc) is 2.43. The second kappa shape index (κ2) is 7.45. The fourth-order valence-electron chi connectivity index (χ4n) is 2.14. The smallest absolute Gasteiger partial charge is 0.329 e. The molecular formula is C13H24N2O4. The van der Waals surface area contributed by atoms with Crippen LogP contribution in [0.1, 0.15) is 33.1 Å². The molecule has 1 amide bonds. The van der Waals surface area contributed by atoms with Crippen LogP contribution < -0.4 is 5.73 Å². The van der Waals surface area contributed by atoms with E-state index >= 15 is 0 Å². The first kappa shape index (κ1) is 15.9. The van der Waals surface area contributed by atoms with Crippen molar-refractivity contribution in [2.45, 2.75) is 45.3 Å². The number of likely N-dealkylation sites (tertiary alicyclic amines) is 1. The predicted molar refractivity (Wildman–Crippen MR) is 70.6 cm³/mol. The van der Waals surface area contributed by atoms with Crippen LogP contribution in [0.5, 0.6) is 0 Å². The van der Waals surface area contributed by atoms with E-state index in [1.54, 1.807) is 4.90 Å². The molecule has 6 nitrogen and oxygen atoms in total. The van der Waals surface area contributed by atoms with Crippen LogP contribution in [-0.4, -0.2) is 53.7 Å². The summed E-state index contributed by atoms with van der Waals surface area (Å²) in [5, 5.41) is 8.54. The zero-order valence-corrected chi connectivity index (χ0v) is 11.7. The zero-order chi connectivity index (χ0) is 14.4. The monoisotopic (exact) mass is 272 g/mol. The van der Waals surface area contributed by atoms with Crippen LogP contribution in [0, 0.1) is 5.92 Å². The number of nitrogens with zero attached hydrogens (tertiary/aromatic N) is 1. The van der Waals surface area contributed by atoms with Crippen molar-refractivity contribution < 1.29 is 19.4 Å². The molecule has 0 aromatic heterocycles. The lowest BCUT2D eigenvalue weighted by Gasteiger charge is -2.34. The van der Waals surface area contributed by atoms with Gasteiger partial charge in [-0.15, -0.1) is 0 Å². The highest BCUT2D eigenvalue weighted by Gasteiger charge is 2.28. The van der Waals surface area contributed by atoms with Crippen molar-refractivity contribution in [2.75, 3.05) is 19.7 Å². The van der Waals surface area contributed by atoms with Crippen molar-refractivity contribution in [3.63, 3.8) is 0 Å². The van der Waals surface area contributed by atoms with Gasteiger partial charge < -0.3 is 20.5 Å². The Morgan fingerprint density at radius 1 is 1.42 bits per heavy atom. The lowest BCUT2D eigenvalue weighted by atomic mass is 9.97. The molecule has 0 radical (unpaired) electrons. The molecule has 2 atom stereocenters. The maximum Gasteiger partial charge on any atom is 0.329 e. The third kappa shape index (κ3) is 4.80. The maximum atomic E-state index is 12.1. The second-order valence-electron chi connectivity index (χ2n) is 5.14. The molecule has 0 aromatic carbocycles. The van der Waals surface area contributed by atoms with Crippen LogP contribution in [0.15, 0.2) is 0 Å². The van der Waals surface area contributed by atoms with Gasteiger partial charge in [-0.1, -0.05) is 20.3 Å². The molecule has 19 heavy (non-hydrogen) atoms. The number of rotatable bonds is 6. The Bertz CT molecular complexity index is 314. The van der Waals surface area contributed by atoms with Gasteiger partial charge in [0.05, 0.1) is 12.1 Å². The summed E-state index contributed by atoms with van der Waals surface area (Å²) in [6.07, 6.45) is 2.16. The SMILES string of the molecule is CCC(C)[C@H](N)C(=O)N1CCC(OCC(=O)O)CC1. The minimum absolute atomic E-state index is 0.00830. The molecule has 1 aliphatic rings. The first-order valence-electron chi connectivity index (χ1n) is 6.83. The Morgan fingerprint density at radius 2 is 2.00 bits per heavy atom. The predicted octanol–water partition coefficient (Wildman–Crippen LogP) is 0.452. The molecule has 1 unspecified atom stereocenters. The Hall–Kier alpha value is -1.14. The topological polar surface area (TPSA) is 92.9 Å². The number of nitrogens with two attached hydrogens (primary N) is 1. The molecule has 1 saturated heterocycles. The fourth-order valence-corrected chi connectivity index (χ4v) is 2.14. The standard InChI is InChI=1S/C13H24N2O4/c1-3-9(2)12(14)13(18)15-6-4-10(5-7-15)19-8-11(16)17/h9-10,12H,3-8,14H2,1-2H3,(H,16,17)/t9?,12-/m0/s1. The summed E-state index contributed by atoms with van der Waals surface area (Å²) < 4.78 is 5.23. The van der Waals surface area contributed by atoms with E-state index in [0.29, 0.717) is 25.9 Å². The van der Waals surface area contributed by atoms with Crippen LogP contribution >= 0.6 is 0 Å². The van der Waals surface area contributed by atoms with E-state index in [-0.39, 0.29) is 24.5 Å². The highest BCUT2D eigenvalue weighted by Crippen LogP contribution is 2.16. The number of carboxylic acids is 1. The minimum Gasteiger partial charge on any atom is -0.480 e. The molecule has 6 heteroatoms. The number of piperidine rings is 1. The Balaban J connectivity index is 2.36. The summed E-state index contributed by atoms with van der Waals surface area (Å²) >= 11 is 0. The average molecular weight is 272 g/mol. The van der Waals surface area contributed by atoms with Gasteiger partial charge >= 0.3 is 5.97 Å². The van der Waals surface area contributed by atoms with Crippen LogP contribution in [0.2, 0.25) is 0 Å². The Kier molecular flexibility index (Phi) is 6.24. The summed E-state index contributed by atoms with van der Waals surface area (Å²) in [5.41, 5.74) is 5.93. The molecular weight excluding hydrogens is 248 g/mol. The van der Waals surface area contributed by atoms with E-state index in [0.717, 1.165) is 6.42 Å². The maximum absolute atomic E-state index is 12.1. The van der Waals surface area contributed by atoms with Gasteiger partial charge in [0, 0.05) is 13.1 Å². The highest BCUT2D eigenvalue weighted by atomic mass is 16.5. The third-order valence-corrected chi connectivity index (χ3v) is 3.74. The number of carboxylic acid groups (broad SMARTS) is 1. The van der Waals surface area contributed by atoms with Crippen LogP contribution in [0.4, 0.5) is 0 Å². The molecule has 0 aliphatic carbocycles. The zero-order valence-electron chi connectivity index (χ0n) is 11.7. The lowest BCUT2D eigenvalue weighted by molar-refractivity contribution is -0.147. The second-order valence-corrected chi connectivity index (χ2v) is 5.14. The number of aliphatic carboxylic acids is 1. The molecule has 0 aromatic rings. The molecule has 0 bridgehead atoms. The minimum atomic E-state index is -0.961. The van der Waals surface area contributed by atoms with Crippen LogP contribution in [0.25, 0.3) is 0 Å². The molecule has 0 saturated carbocycles. The first-order chi connectivity index (χ1) is 8.95. The van der Waals surface area contributed by atoms with Crippen molar-refractivity contribution >= 4 is 11.9 Å². The summed E-state index contributed by atoms with van der Waals surface area (Å²) in [6.45, 7) is 4.90. The van der Waals surface area contributed by atoms with Crippen molar-refractivity contribution in [3.05, 3.63) is 0 Å². The summed E-state index contributed by atoms with van der Waals surface area (Å²) in [6, 6.07) is -0.443. The van der Waals surface area contributed by atoms with E-state index in [1.807, 2.05) is 13.8 Å². The number of carbonyl (C=O) groups excluding carboxylic acids is 1. The van der Waals surface area contributed by atoms with Gasteiger partial charge in [0.25, 0.3) is 0 Å². The largest absolute Gasteiger partial charge is 0.480 e. The Labute approximate surface area is 113 Å². The summed E-state index contributed by atoms with van der Waals surface area (Å²) in [4.78, 5) is 24.3. The van der Waals surface area contributed by atoms with Gasteiger partial charge in [0.2, 0.25) is 5.91 Å². The number of ether oxygens (including phenoxy) is 1. The molecule has 1 rings (SSSR count). The number of amides is 1. The van der Waals surface area contributed by atoms with Crippen molar-refractivity contribution in [2.24, 2.45) is 11.7 Å². The summed E-state index contributed by atoms with van der Waals surface area (Å²) in [7, 11) is 0. The first-order valence-corrected chi connectivity index (χ1v) is 6.83. The van der Waals surface area contributed by atoms with E-state index in [4.69, 9.17) is 15.6 Å². The van der Waals surface area contributed by atoms with Gasteiger partial charge in [-0.2, -0.15) is 0 Å². The fraction of sp³-hybridized carbons (Fsp3) is 0.846. The molecule has 1 aliphatic heterocycles.